The third-order valence-electron chi connectivity index (χ3n) is 5.23. The second-order valence-electron chi connectivity index (χ2n) is 6.81. The topological polar surface area (TPSA) is 44.0 Å². The van der Waals surface area contributed by atoms with Gasteiger partial charge in [-0.15, -0.1) is 0 Å². The highest BCUT2D eigenvalue weighted by molar-refractivity contribution is 5.79. The van der Waals surface area contributed by atoms with Gasteiger partial charge in [-0.25, -0.2) is 4.98 Å². The van der Waals surface area contributed by atoms with Crippen LogP contribution < -0.4 is 5.32 Å². The van der Waals surface area contributed by atoms with E-state index in [4.69, 9.17) is 0 Å². The molecule has 2 aromatic rings. The zero-order valence-corrected chi connectivity index (χ0v) is 12.6. The Bertz CT molecular complexity index is 607. The minimum atomic E-state index is 0.529. The van der Waals surface area contributed by atoms with Crippen molar-refractivity contribution in [2.75, 3.05) is 26.2 Å². The first-order chi connectivity index (χ1) is 10.3. The predicted octanol–water partition coefficient (Wildman–Crippen LogP) is 2.53. The van der Waals surface area contributed by atoms with E-state index in [0.29, 0.717) is 5.41 Å². The SMILES string of the molecule is c1cnc2[nH]cc(CN3CCCC4(CCCNC4)C3)c2c1. The number of H-pyrrole nitrogens is 1. The molecule has 4 rings (SSSR count). The molecule has 0 radical (unpaired) electrons. The predicted molar refractivity (Wildman–Crippen MR) is 85.1 cm³/mol. The van der Waals surface area contributed by atoms with Crippen molar-refractivity contribution in [1.82, 2.24) is 20.2 Å². The molecule has 0 aromatic carbocycles. The number of aromatic nitrogens is 2. The summed E-state index contributed by atoms with van der Waals surface area (Å²) in [5, 5.41) is 4.89. The van der Waals surface area contributed by atoms with E-state index in [1.54, 1.807) is 0 Å². The quantitative estimate of drug-likeness (QED) is 0.890. The van der Waals surface area contributed by atoms with Crippen LogP contribution in [-0.4, -0.2) is 41.0 Å². The zero-order chi connectivity index (χ0) is 14.1. The van der Waals surface area contributed by atoms with Crippen LogP contribution in [0.5, 0.6) is 0 Å². The first-order valence-electron chi connectivity index (χ1n) is 8.19. The van der Waals surface area contributed by atoms with Crippen LogP contribution in [0, 0.1) is 5.41 Å². The van der Waals surface area contributed by atoms with Gasteiger partial charge in [0.1, 0.15) is 5.65 Å². The molecule has 4 heteroatoms. The summed E-state index contributed by atoms with van der Waals surface area (Å²) >= 11 is 0. The van der Waals surface area contributed by atoms with Crippen molar-refractivity contribution in [2.45, 2.75) is 32.2 Å². The zero-order valence-electron chi connectivity index (χ0n) is 12.6. The fourth-order valence-electron chi connectivity index (χ4n) is 4.21. The molecule has 0 amide bonds. The van der Waals surface area contributed by atoms with E-state index in [1.807, 2.05) is 12.3 Å². The molecule has 2 aromatic heterocycles. The van der Waals surface area contributed by atoms with Crippen molar-refractivity contribution in [2.24, 2.45) is 5.41 Å². The number of aromatic amines is 1. The smallest absolute Gasteiger partial charge is 0.137 e. The minimum Gasteiger partial charge on any atom is -0.346 e. The third kappa shape index (κ3) is 2.58. The number of pyridine rings is 1. The molecule has 4 heterocycles. The Morgan fingerprint density at radius 3 is 3.14 bits per heavy atom. The van der Waals surface area contributed by atoms with Crippen LogP contribution in [0.1, 0.15) is 31.2 Å². The van der Waals surface area contributed by atoms with Gasteiger partial charge >= 0.3 is 0 Å². The highest BCUT2D eigenvalue weighted by Crippen LogP contribution is 2.36. The molecule has 2 aliphatic heterocycles. The van der Waals surface area contributed by atoms with E-state index < -0.39 is 0 Å². The Morgan fingerprint density at radius 2 is 2.24 bits per heavy atom. The number of nitrogens with zero attached hydrogens (tertiary/aromatic N) is 2. The van der Waals surface area contributed by atoms with Crippen LogP contribution >= 0.6 is 0 Å². The first-order valence-corrected chi connectivity index (χ1v) is 8.19. The molecule has 21 heavy (non-hydrogen) atoms. The fourth-order valence-corrected chi connectivity index (χ4v) is 4.21. The van der Waals surface area contributed by atoms with Gasteiger partial charge in [0.25, 0.3) is 0 Å². The van der Waals surface area contributed by atoms with E-state index >= 15 is 0 Å². The maximum atomic E-state index is 4.39. The Hall–Kier alpha value is -1.39. The van der Waals surface area contributed by atoms with Crippen molar-refractivity contribution in [1.29, 1.82) is 0 Å². The van der Waals surface area contributed by atoms with Crippen LogP contribution in [-0.2, 0) is 6.54 Å². The van der Waals surface area contributed by atoms with Crippen LogP contribution in [0.4, 0.5) is 0 Å². The van der Waals surface area contributed by atoms with Crippen LogP contribution in [0.3, 0.4) is 0 Å². The van der Waals surface area contributed by atoms with Gasteiger partial charge in [-0.3, -0.25) is 4.90 Å². The highest BCUT2D eigenvalue weighted by Gasteiger charge is 2.36. The van der Waals surface area contributed by atoms with Gasteiger partial charge in [0.2, 0.25) is 0 Å². The molecular weight excluding hydrogens is 260 g/mol. The van der Waals surface area contributed by atoms with Crippen molar-refractivity contribution in [3.8, 4) is 0 Å². The maximum absolute atomic E-state index is 4.39. The summed E-state index contributed by atoms with van der Waals surface area (Å²) in [7, 11) is 0. The van der Waals surface area contributed by atoms with Crippen LogP contribution in [0.2, 0.25) is 0 Å². The van der Waals surface area contributed by atoms with Crippen LogP contribution in [0.25, 0.3) is 11.0 Å². The summed E-state index contributed by atoms with van der Waals surface area (Å²) in [4.78, 5) is 10.3. The summed E-state index contributed by atoms with van der Waals surface area (Å²) in [6, 6.07) is 4.21. The molecule has 2 N–H and O–H groups in total. The summed E-state index contributed by atoms with van der Waals surface area (Å²) in [5.41, 5.74) is 2.93. The highest BCUT2D eigenvalue weighted by atomic mass is 15.1. The number of piperidine rings is 2. The lowest BCUT2D eigenvalue weighted by atomic mass is 9.74. The molecule has 2 fully saturated rings. The molecule has 1 unspecified atom stereocenters. The van der Waals surface area contributed by atoms with Gasteiger partial charge in [-0.2, -0.15) is 0 Å². The van der Waals surface area contributed by atoms with Gasteiger partial charge in [-0.1, -0.05) is 0 Å². The lowest BCUT2D eigenvalue weighted by Gasteiger charge is -2.45. The molecule has 1 spiro atoms. The number of nitrogens with one attached hydrogen (secondary N) is 2. The molecule has 2 aliphatic rings. The first kappa shape index (κ1) is 13.3. The Kier molecular flexibility index (Phi) is 3.43. The molecule has 2 saturated heterocycles. The summed E-state index contributed by atoms with van der Waals surface area (Å²) in [6.07, 6.45) is 9.45. The van der Waals surface area contributed by atoms with Crippen molar-refractivity contribution in [3.63, 3.8) is 0 Å². The van der Waals surface area contributed by atoms with E-state index in [-0.39, 0.29) is 0 Å². The number of fused-ring (bicyclic) bond motifs is 1. The van der Waals surface area contributed by atoms with E-state index in [9.17, 15) is 0 Å². The molecular formula is C17H24N4. The molecule has 0 saturated carbocycles. The van der Waals surface area contributed by atoms with Crippen molar-refractivity contribution >= 4 is 11.0 Å². The standard InChI is InChI=1S/C17H24N4/c1-4-15-14(10-20-16(15)19-8-1)11-21-9-3-6-17(13-21)5-2-7-18-12-17/h1,4,8,10,18H,2-3,5-7,9,11-13H2,(H,19,20). The van der Waals surface area contributed by atoms with Gasteiger partial charge < -0.3 is 10.3 Å². The van der Waals surface area contributed by atoms with E-state index in [1.165, 1.54) is 62.8 Å². The Balaban J connectivity index is 1.51. The van der Waals surface area contributed by atoms with Crippen LogP contribution in [0.15, 0.2) is 24.5 Å². The molecule has 0 aliphatic carbocycles. The van der Waals surface area contributed by atoms with E-state index in [0.717, 1.165) is 12.2 Å². The molecule has 112 valence electrons. The maximum Gasteiger partial charge on any atom is 0.137 e. The van der Waals surface area contributed by atoms with Gasteiger partial charge in [0.05, 0.1) is 0 Å². The number of hydrogen-bond donors (Lipinski definition) is 2. The van der Waals surface area contributed by atoms with Gasteiger partial charge in [0, 0.05) is 37.4 Å². The Labute approximate surface area is 125 Å². The number of likely N-dealkylation sites (tertiary alicyclic amines) is 1. The Morgan fingerprint density at radius 1 is 1.29 bits per heavy atom. The fraction of sp³-hybridized carbons (Fsp3) is 0.588. The average Bonchev–Trinajstić information content (AvgIpc) is 2.92. The van der Waals surface area contributed by atoms with Gasteiger partial charge in [0.15, 0.2) is 0 Å². The largest absolute Gasteiger partial charge is 0.346 e. The van der Waals surface area contributed by atoms with Crippen molar-refractivity contribution < 1.29 is 0 Å². The normalized spacial score (nSPS) is 27.4. The summed E-state index contributed by atoms with van der Waals surface area (Å²) in [6.45, 7) is 5.93. The average molecular weight is 284 g/mol. The van der Waals surface area contributed by atoms with Gasteiger partial charge in [-0.05, 0) is 61.9 Å². The summed E-state index contributed by atoms with van der Waals surface area (Å²) in [5.74, 6) is 0. The number of hydrogen-bond acceptors (Lipinski definition) is 3. The monoisotopic (exact) mass is 284 g/mol. The minimum absolute atomic E-state index is 0.529. The van der Waals surface area contributed by atoms with Crippen molar-refractivity contribution in [3.05, 3.63) is 30.1 Å². The summed E-state index contributed by atoms with van der Waals surface area (Å²) < 4.78 is 0. The molecule has 4 nitrogen and oxygen atoms in total. The molecule has 0 bridgehead atoms. The second kappa shape index (κ2) is 5.43. The lowest BCUT2D eigenvalue weighted by molar-refractivity contribution is 0.0603. The van der Waals surface area contributed by atoms with E-state index in [2.05, 4.69) is 32.4 Å². The lowest BCUT2D eigenvalue weighted by Crippen LogP contribution is -2.50. The second-order valence-corrected chi connectivity index (χ2v) is 6.81. The number of rotatable bonds is 2. The third-order valence-corrected chi connectivity index (χ3v) is 5.23. The molecule has 1 atom stereocenters.